The summed E-state index contributed by atoms with van der Waals surface area (Å²) in [7, 11) is 0. The molecule has 3 aromatic rings. The van der Waals surface area contributed by atoms with E-state index < -0.39 is 0 Å². The van der Waals surface area contributed by atoms with Gasteiger partial charge in [0.05, 0.1) is 15.9 Å². The quantitative estimate of drug-likeness (QED) is 0.595. The maximum Gasteiger partial charge on any atom is 0.323 e. The molecular formula is C15H11Br2FN2O. The molecule has 1 atom stereocenters. The molecule has 3 rings (SSSR count). The summed E-state index contributed by atoms with van der Waals surface area (Å²) in [6.45, 7) is 1.74. The van der Waals surface area contributed by atoms with Crippen molar-refractivity contribution in [2.45, 2.75) is 11.8 Å². The lowest BCUT2D eigenvalue weighted by molar-refractivity contribution is 0.617. The highest BCUT2D eigenvalue weighted by Gasteiger charge is 2.16. The van der Waals surface area contributed by atoms with Crippen LogP contribution in [0.2, 0.25) is 0 Å². The predicted molar refractivity (Wildman–Crippen MR) is 88.5 cm³/mol. The number of aromatic amines is 2. The molecule has 2 aromatic carbocycles. The van der Waals surface area contributed by atoms with Crippen molar-refractivity contribution in [3.05, 3.63) is 67.8 Å². The first-order valence-corrected chi connectivity index (χ1v) is 7.98. The number of imidazole rings is 1. The van der Waals surface area contributed by atoms with Crippen molar-refractivity contribution >= 4 is 42.9 Å². The van der Waals surface area contributed by atoms with Gasteiger partial charge in [-0.2, -0.15) is 0 Å². The lowest BCUT2D eigenvalue weighted by Gasteiger charge is -2.14. The number of hydrogen-bond acceptors (Lipinski definition) is 1. The van der Waals surface area contributed by atoms with Crippen LogP contribution < -0.4 is 5.69 Å². The van der Waals surface area contributed by atoms with E-state index in [1.54, 1.807) is 13.0 Å². The molecule has 1 aromatic heterocycles. The molecule has 0 saturated carbocycles. The molecule has 108 valence electrons. The number of hydrogen-bond donors (Lipinski definition) is 2. The zero-order valence-corrected chi connectivity index (χ0v) is 14.2. The van der Waals surface area contributed by atoms with Crippen LogP contribution in [0, 0.1) is 12.7 Å². The van der Waals surface area contributed by atoms with E-state index in [9.17, 15) is 9.18 Å². The summed E-state index contributed by atoms with van der Waals surface area (Å²) in [5.74, 6) is -0.220. The number of alkyl halides is 1. The van der Waals surface area contributed by atoms with E-state index in [1.807, 2.05) is 18.2 Å². The summed E-state index contributed by atoms with van der Waals surface area (Å²) < 4.78 is 14.3. The summed E-state index contributed by atoms with van der Waals surface area (Å²) in [5, 5.41) is 0. The standard InChI is InChI=1S/C15H11Br2FN2O/c1-7-4-8(2-3-11(7)18)14(17)9-5-12-13(6-10(9)16)20-15(21)19-12/h2-6,14H,1H3,(H2,19,20,21). The Bertz CT molecular complexity index is 885. The summed E-state index contributed by atoms with van der Waals surface area (Å²) in [5.41, 5.74) is 3.75. The van der Waals surface area contributed by atoms with Crippen LogP contribution in [0.4, 0.5) is 4.39 Å². The minimum atomic E-state index is -0.238. The van der Waals surface area contributed by atoms with E-state index in [1.165, 1.54) is 6.07 Å². The second kappa shape index (κ2) is 5.42. The summed E-state index contributed by atoms with van der Waals surface area (Å²) in [6, 6.07) is 8.77. The van der Waals surface area contributed by atoms with Crippen molar-refractivity contribution in [2.24, 2.45) is 0 Å². The lowest BCUT2D eigenvalue weighted by Crippen LogP contribution is -1.99. The second-order valence-electron chi connectivity index (χ2n) is 4.87. The minimum absolute atomic E-state index is 0.103. The molecule has 1 heterocycles. The van der Waals surface area contributed by atoms with E-state index in [2.05, 4.69) is 41.8 Å². The molecule has 0 fully saturated rings. The van der Waals surface area contributed by atoms with Gasteiger partial charge in [0.15, 0.2) is 0 Å². The van der Waals surface area contributed by atoms with Crippen molar-refractivity contribution in [1.29, 1.82) is 0 Å². The van der Waals surface area contributed by atoms with E-state index in [-0.39, 0.29) is 16.3 Å². The van der Waals surface area contributed by atoms with Gasteiger partial charge in [0.1, 0.15) is 5.82 Å². The van der Waals surface area contributed by atoms with Crippen molar-refractivity contribution in [2.75, 3.05) is 0 Å². The molecule has 3 nitrogen and oxygen atoms in total. The molecule has 0 bridgehead atoms. The van der Waals surface area contributed by atoms with Crippen LogP contribution in [0.5, 0.6) is 0 Å². The first kappa shape index (κ1) is 14.5. The topological polar surface area (TPSA) is 48.6 Å². The molecule has 6 heteroatoms. The lowest BCUT2D eigenvalue weighted by atomic mass is 10.0. The van der Waals surface area contributed by atoms with Gasteiger partial charge in [-0.3, -0.25) is 0 Å². The van der Waals surface area contributed by atoms with Crippen molar-refractivity contribution in [3.8, 4) is 0 Å². The highest BCUT2D eigenvalue weighted by molar-refractivity contribution is 9.11. The first-order chi connectivity index (χ1) is 9.95. The second-order valence-corrected chi connectivity index (χ2v) is 6.64. The van der Waals surface area contributed by atoms with Crippen molar-refractivity contribution in [1.82, 2.24) is 9.97 Å². The van der Waals surface area contributed by atoms with Crippen LogP contribution in [-0.2, 0) is 0 Å². The number of nitrogens with one attached hydrogen (secondary N) is 2. The first-order valence-electron chi connectivity index (χ1n) is 6.27. The van der Waals surface area contributed by atoms with Crippen LogP contribution in [0.15, 0.2) is 39.6 Å². The number of benzene rings is 2. The third-order valence-corrected chi connectivity index (χ3v) is 5.09. The highest BCUT2D eigenvalue weighted by Crippen LogP contribution is 2.37. The van der Waals surface area contributed by atoms with Crippen LogP contribution in [0.1, 0.15) is 21.5 Å². The van der Waals surface area contributed by atoms with Crippen LogP contribution >= 0.6 is 31.9 Å². The Hall–Kier alpha value is -1.40. The summed E-state index contributed by atoms with van der Waals surface area (Å²) >= 11 is 7.16. The van der Waals surface area contributed by atoms with Crippen LogP contribution in [-0.4, -0.2) is 9.97 Å². The molecule has 0 aliphatic rings. The Kier molecular flexibility index (Phi) is 3.75. The number of rotatable bonds is 2. The van der Waals surface area contributed by atoms with Gasteiger partial charge in [0.2, 0.25) is 0 Å². The van der Waals surface area contributed by atoms with Crippen LogP contribution in [0.25, 0.3) is 11.0 Å². The fourth-order valence-electron chi connectivity index (χ4n) is 2.27. The zero-order chi connectivity index (χ0) is 15.1. The number of halogens is 3. The molecule has 21 heavy (non-hydrogen) atoms. The van der Waals surface area contributed by atoms with Gasteiger partial charge >= 0.3 is 5.69 Å². The molecule has 1 unspecified atom stereocenters. The monoisotopic (exact) mass is 412 g/mol. The van der Waals surface area contributed by atoms with Gasteiger partial charge in [-0.15, -0.1) is 0 Å². The largest absolute Gasteiger partial charge is 0.323 e. The Morgan fingerprint density at radius 1 is 1.14 bits per heavy atom. The maximum absolute atomic E-state index is 13.4. The molecular weight excluding hydrogens is 403 g/mol. The third-order valence-electron chi connectivity index (χ3n) is 3.38. The fourth-order valence-corrected chi connectivity index (χ4v) is 3.82. The fraction of sp³-hybridized carbons (Fsp3) is 0.133. The van der Waals surface area contributed by atoms with Gasteiger partial charge in [-0.25, -0.2) is 9.18 Å². The molecule has 0 amide bonds. The Labute approximate surface area is 136 Å². The van der Waals surface area contributed by atoms with Gasteiger partial charge in [-0.1, -0.05) is 44.0 Å². The Morgan fingerprint density at radius 3 is 2.48 bits per heavy atom. The normalized spacial score (nSPS) is 12.8. The van der Waals surface area contributed by atoms with Gasteiger partial charge in [0.25, 0.3) is 0 Å². The number of fused-ring (bicyclic) bond motifs is 1. The molecule has 0 aliphatic carbocycles. The Balaban J connectivity index is 2.11. The van der Waals surface area contributed by atoms with Crippen molar-refractivity contribution in [3.63, 3.8) is 0 Å². The van der Waals surface area contributed by atoms with Gasteiger partial charge < -0.3 is 9.97 Å². The predicted octanol–water partition coefficient (Wildman–Crippen LogP) is 4.55. The molecule has 0 radical (unpaired) electrons. The minimum Gasteiger partial charge on any atom is -0.306 e. The number of aromatic nitrogens is 2. The SMILES string of the molecule is Cc1cc(C(Br)c2cc3[nH]c(=O)[nH]c3cc2Br)ccc1F. The highest BCUT2D eigenvalue weighted by atomic mass is 79.9. The van der Waals surface area contributed by atoms with E-state index in [4.69, 9.17) is 0 Å². The molecule has 0 aliphatic heterocycles. The molecule has 0 spiro atoms. The van der Waals surface area contributed by atoms with E-state index in [0.29, 0.717) is 5.56 Å². The Morgan fingerprint density at radius 2 is 1.81 bits per heavy atom. The zero-order valence-electron chi connectivity index (χ0n) is 11.0. The summed E-state index contributed by atoms with van der Waals surface area (Å²) in [6.07, 6.45) is 0. The summed E-state index contributed by atoms with van der Waals surface area (Å²) in [4.78, 5) is 16.7. The average molecular weight is 414 g/mol. The molecule has 0 saturated heterocycles. The molecule has 2 N–H and O–H groups in total. The third kappa shape index (κ3) is 2.70. The smallest absolute Gasteiger partial charge is 0.306 e. The van der Waals surface area contributed by atoms with E-state index >= 15 is 0 Å². The average Bonchev–Trinajstić information content (AvgIpc) is 2.79. The van der Waals surface area contributed by atoms with Gasteiger partial charge in [0, 0.05) is 4.47 Å². The van der Waals surface area contributed by atoms with E-state index in [0.717, 1.165) is 26.6 Å². The van der Waals surface area contributed by atoms with Gasteiger partial charge in [-0.05, 0) is 41.8 Å². The maximum atomic E-state index is 13.4. The number of H-pyrrole nitrogens is 2. The van der Waals surface area contributed by atoms with Crippen LogP contribution in [0.3, 0.4) is 0 Å². The van der Waals surface area contributed by atoms with Crippen molar-refractivity contribution < 1.29 is 4.39 Å². The number of aryl methyl sites for hydroxylation is 1.